The van der Waals surface area contributed by atoms with Crippen LogP contribution in [-0.2, 0) is 26.2 Å². The lowest BCUT2D eigenvalue weighted by Gasteiger charge is -2.34. The Morgan fingerprint density at radius 3 is 2.38 bits per heavy atom. The number of carbonyl (C=O) groups excluding carboxylic acids is 2. The highest BCUT2D eigenvalue weighted by molar-refractivity contribution is 7.92. The zero-order valence-electron chi connectivity index (χ0n) is 20.9. The van der Waals surface area contributed by atoms with Crippen molar-refractivity contribution in [3.05, 3.63) is 63.9 Å². The molecule has 0 aromatic heterocycles. The van der Waals surface area contributed by atoms with E-state index in [4.69, 9.17) is 23.2 Å². The molecule has 1 aliphatic rings. The maximum absolute atomic E-state index is 14.5. The second-order valence-electron chi connectivity index (χ2n) is 9.25. The van der Waals surface area contributed by atoms with Gasteiger partial charge in [0.05, 0.1) is 11.9 Å². The van der Waals surface area contributed by atoms with Crippen molar-refractivity contribution >= 4 is 50.7 Å². The largest absolute Gasteiger partial charge is 0.352 e. The van der Waals surface area contributed by atoms with Gasteiger partial charge in [0.25, 0.3) is 0 Å². The number of anilines is 1. The van der Waals surface area contributed by atoms with Gasteiger partial charge in [0, 0.05) is 22.6 Å². The van der Waals surface area contributed by atoms with Crippen molar-refractivity contribution in [1.29, 1.82) is 0 Å². The third kappa shape index (κ3) is 7.82. The number of hydrogen-bond donors (Lipinski definition) is 1. The summed E-state index contributed by atoms with van der Waals surface area (Å²) in [6, 6.07) is 9.27. The monoisotopic (exact) mass is 571 g/mol. The molecular weight excluding hydrogens is 540 g/mol. The summed E-state index contributed by atoms with van der Waals surface area (Å²) in [5.74, 6) is -1.76. The van der Waals surface area contributed by atoms with Crippen LogP contribution in [0.5, 0.6) is 0 Å². The molecule has 0 bridgehead atoms. The topological polar surface area (TPSA) is 86.8 Å². The van der Waals surface area contributed by atoms with Crippen molar-refractivity contribution in [2.75, 3.05) is 17.1 Å². The number of nitrogens with one attached hydrogen (secondary N) is 1. The zero-order chi connectivity index (χ0) is 27.2. The van der Waals surface area contributed by atoms with Gasteiger partial charge in [-0.2, -0.15) is 0 Å². The molecule has 1 aliphatic carbocycles. The highest BCUT2D eigenvalue weighted by atomic mass is 35.5. The van der Waals surface area contributed by atoms with E-state index in [2.05, 4.69) is 5.32 Å². The number of rotatable bonds is 10. The van der Waals surface area contributed by atoms with Gasteiger partial charge in [0.15, 0.2) is 0 Å². The van der Waals surface area contributed by atoms with E-state index in [1.807, 2.05) is 0 Å². The number of hydrogen-bond acceptors (Lipinski definition) is 4. The first-order valence-corrected chi connectivity index (χ1v) is 14.9. The lowest BCUT2D eigenvalue weighted by atomic mass is 9.95. The summed E-state index contributed by atoms with van der Waals surface area (Å²) in [6.45, 7) is 1.04. The molecule has 202 valence electrons. The molecule has 0 radical (unpaired) electrons. The van der Waals surface area contributed by atoms with Gasteiger partial charge in [-0.3, -0.25) is 13.9 Å². The van der Waals surface area contributed by atoms with Gasteiger partial charge in [0.1, 0.15) is 18.4 Å². The van der Waals surface area contributed by atoms with E-state index >= 15 is 0 Å². The lowest BCUT2D eigenvalue weighted by molar-refractivity contribution is -0.140. The van der Waals surface area contributed by atoms with Gasteiger partial charge in [-0.1, -0.05) is 67.6 Å². The molecule has 1 atom stereocenters. The molecule has 2 aromatic carbocycles. The molecule has 0 unspecified atom stereocenters. The van der Waals surface area contributed by atoms with Crippen molar-refractivity contribution in [3.63, 3.8) is 0 Å². The van der Waals surface area contributed by atoms with E-state index in [-0.39, 0.29) is 30.6 Å². The zero-order valence-corrected chi connectivity index (χ0v) is 23.3. The normalized spacial score (nSPS) is 15.2. The number of benzene rings is 2. The van der Waals surface area contributed by atoms with Crippen LogP contribution in [-0.4, -0.2) is 50.0 Å². The smallest absolute Gasteiger partial charge is 0.244 e. The van der Waals surface area contributed by atoms with E-state index in [9.17, 15) is 22.4 Å². The van der Waals surface area contributed by atoms with Crippen molar-refractivity contribution in [2.45, 2.75) is 64.1 Å². The number of para-hydroxylation sites is 1. The molecule has 0 saturated heterocycles. The SMILES string of the molecule is CC[C@H](C(=O)NC1CCCCC1)N(Cc1ccc(Cl)cc1Cl)C(=O)CN(c1ccccc1F)S(C)(=O)=O. The number of amides is 2. The first kappa shape index (κ1) is 29.2. The van der Waals surface area contributed by atoms with Crippen LogP contribution in [0.15, 0.2) is 42.5 Å². The van der Waals surface area contributed by atoms with Crippen LogP contribution < -0.4 is 9.62 Å². The highest BCUT2D eigenvalue weighted by Gasteiger charge is 2.33. The first-order valence-electron chi connectivity index (χ1n) is 12.3. The summed E-state index contributed by atoms with van der Waals surface area (Å²) < 4.78 is 40.5. The fraction of sp³-hybridized carbons (Fsp3) is 0.462. The quantitative estimate of drug-likeness (QED) is 0.427. The Labute approximate surface area is 228 Å². The molecule has 1 saturated carbocycles. The van der Waals surface area contributed by atoms with Crippen LogP contribution in [0.3, 0.4) is 0 Å². The molecule has 3 rings (SSSR count). The van der Waals surface area contributed by atoms with Crippen LogP contribution in [0, 0.1) is 5.82 Å². The Morgan fingerprint density at radius 1 is 1.11 bits per heavy atom. The molecule has 0 aliphatic heterocycles. The Morgan fingerprint density at radius 2 is 1.78 bits per heavy atom. The summed E-state index contributed by atoms with van der Waals surface area (Å²) in [4.78, 5) is 28.4. The number of carbonyl (C=O) groups is 2. The summed E-state index contributed by atoms with van der Waals surface area (Å²) in [6.07, 6.45) is 6.10. The Bertz CT molecular complexity index is 1220. The molecule has 2 amide bonds. The van der Waals surface area contributed by atoms with Crippen molar-refractivity contribution in [1.82, 2.24) is 10.2 Å². The Balaban J connectivity index is 1.95. The minimum Gasteiger partial charge on any atom is -0.352 e. The lowest BCUT2D eigenvalue weighted by Crippen LogP contribution is -2.54. The summed E-state index contributed by atoms with van der Waals surface area (Å²) >= 11 is 12.4. The minimum atomic E-state index is -4.03. The molecule has 2 aromatic rings. The Hall–Kier alpha value is -2.36. The number of sulfonamides is 1. The molecule has 1 N–H and O–H groups in total. The van der Waals surface area contributed by atoms with Gasteiger partial charge >= 0.3 is 0 Å². The first-order chi connectivity index (χ1) is 17.5. The van der Waals surface area contributed by atoms with Crippen LogP contribution in [0.1, 0.15) is 51.0 Å². The second kappa shape index (κ2) is 12.9. The summed E-state index contributed by atoms with van der Waals surface area (Å²) in [5.41, 5.74) is 0.294. The summed E-state index contributed by atoms with van der Waals surface area (Å²) in [7, 11) is -4.03. The fourth-order valence-corrected chi connectivity index (χ4v) is 5.86. The average Bonchev–Trinajstić information content (AvgIpc) is 2.84. The molecule has 7 nitrogen and oxygen atoms in total. The minimum absolute atomic E-state index is 0.0253. The predicted octanol–water partition coefficient (Wildman–Crippen LogP) is 5.15. The van der Waals surface area contributed by atoms with Crippen LogP contribution in [0.25, 0.3) is 0 Å². The maximum Gasteiger partial charge on any atom is 0.244 e. The maximum atomic E-state index is 14.5. The number of nitrogens with zero attached hydrogens (tertiary/aromatic N) is 2. The van der Waals surface area contributed by atoms with Crippen molar-refractivity contribution in [3.8, 4) is 0 Å². The van der Waals surface area contributed by atoms with Gasteiger partial charge in [-0.05, 0) is 49.1 Å². The number of halogens is 3. The standard InChI is InChI=1S/C26H32Cl2FN3O4S/c1-3-23(26(34)30-20-9-5-4-6-10-20)31(16-18-13-14-19(27)15-21(18)28)25(33)17-32(37(2,35)36)24-12-8-7-11-22(24)29/h7-8,11-15,20,23H,3-6,9-10,16-17H2,1-2H3,(H,30,34)/t23-/m1/s1. The van der Waals surface area contributed by atoms with Gasteiger partial charge in [-0.15, -0.1) is 0 Å². The van der Waals surface area contributed by atoms with Gasteiger partial charge < -0.3 is 10.2 Å². The molecule has 0 spiro atoms. The van der Waals surface area contributed by atoms with Crippen LogP contribution >= 0.6 is 23.2 Å². The van der Waals surface area contributed by atoms with Gasteiger partial charge in [0.2, 0.25) is 21.8 Å². The van der Waals surface area contributed by atoms with Gasteiger partial charge in [-0.25, -0.2) is 12.8 Å². The van der Waals surface area contributed by atoms with E-state index in [1.165, 1.54) is 29.2 Å². The predicted molar refractivity (Wildman–Crippen MR) is 145 cm³/mol. The molecule has 37 heavy (non-hydrogen) atoms. The third-order valence-electron chi connectivity index (χ3n) is 6.49. The van der Waals surface area contributed by atoms with Crippen LogP contribution in [0.2, 0.25) is 10.0 Å². The molecule has 1 fully saturated rings. The fourth-order valence-electron chi connectivity index (χ4n) is 4.55. The van der Waals surface area contributed by atoms with E-state index in [1.54, 1.807) is 19.1 Å². The molecule has 0 heterocycles. The Kier molecular flexibility index (Phi) is 10.2. The average molecular weight is 573 g/mol. The van der Waals surface area contributed by atoms with E-state index < -0.39 is 34.3 Å². The van der Waals surface area contributed by atoms with E-state index in [0.29, 0.717) is 19.9 Å². The molecule has 11 heteroatoms. The molecular formula is C26H32Cl2FN3O4S. The van der Waals surface area contributed by atoms with Crippen molar-refractivity contribution in [2.24, 2.45) is 0 Å². The second-order valence-corrected chi connectivity index (χ2v) is 12.0. The van der Waals surface area contributed by atoms with Crippen LogP contribution in [0.4, 0.5) is 10.1 Å². The third-order valence-corrected chi connectivity index (χ3v) is 8.21. The summed E-state index contributed by atoms with van der Waals surface area (Å²) in [5, 5.41) is 3.78. The van der Waals surface area contributed by atoms with E-state index in [0.717, 1.165) is 44.4 Å². The highest BCUT2D eigenvalue weighted by Crippen LogP contribution is 2.26. The van der Waals surface area contributed by atoms with Crippen molar-refractivity contribution < 1.29 is 22.4 Å².